The zero-order valence-corrected chi connectivity index (χ0v) is 13.3. The number of halogens is 5. The molecule has 2 rings (SSSR count). The van der Waals surface area contributed by atoms with Crippen molar-refractivity contribution in [1.29, 1.82) is 0 Å². The van der Waals surface area contributed by atoms with Crippen molar-refractivity contribution in [3.05, 3.63) is 58.1 Å². The van der Waals surface area contributed by atoms with Crippen LogP contribution in [0.1, 0.15) is 5.56 Å². The Morgan fingerprint density at radius 2 is 1.46 bits per heavy atom. The fourth-order valence-electron chi connectivity index (χ4n) is 1.79. The topological polar surface area (TPSA) is 58.2 Å². The Kier molecular flexibility index (Phi) is 5.36. The first-order valence-electron chi connectivity index (χ1n) is 6.42. The molecule has 0 saturated carbocycles. The molecule has 9 heteroatoms. The van der Waals surface area contributed by atoms with Gasteiger partial charge in [-0.15, -0.1) is 0 Å². The van der Waals surface area contributed by atoms with Crippen molar-refractivity contribution in [2.24, 2.45) is 0 Å². The fraction of sp³-hybridized carbons (Fsp3) is 0.0667. The van der Waals surface area contributed by atoms with Gasteiger partial charge >= 0.3 is 18.0 Å². The average Bonchev–Trinajstić information content (AvgIpc) is 2.49. The number of anilines is 2. The van der Waals surface area contributed by atoms with Gasteiger partial charge < -0.3 is 10.6 Å². The summed E-state index contributed by atoms with van der Waals surface area (Å²) >= 11 is 11.5. The molecule has 126 valence electrons. The predicted octanol–water partition coefficient (Wildman–Crippen LogP) is 4.59. The number of carbonyl (C=O) groups excluding carboxylic acids is 2. The fourth-order valence-corrected chi connectivity index (χ4v) is 2.24. The molecule has 2 amide bonds. The summed E-state index contributed by atoms with van der Waals surface area (Å²) in [5.41, 5.74) is -1.48. The molecule has 0 aliphatic heterocycles. The number of hydrogen-bond acceptors (Lipinski definition) is 2. The Hall–Kier alpha value is -2.25. The highest BCUT2D eigenvalue weighted by Crippen LogP contribution is 2.34. The van der Waals surface area contributed by atoms with E-state index in [1.54, 1.807) is 0 Å². The van der Waals surface area contributed by atoms with Crippen LogP contribution in [0.4, 0.5) is 24.5 Å². The molecule has 0 aliphatic carbocycles. The smallest absolute Gasteiger partial charge is 0.317 e. The van der Waals surface area contributed by atoms with E-state index in [4.69, 9.17) is 23.2 Å². The molecule has 0 saturated heterocycles. The molecule has 0 bridgehead atoms. The number of rotatable bonds is 2. The van der Waals surface area contributed by atoms with Crippen LogP contribution in [-0.2, 0) is 15.8 Å². The van der Waals surface area contributed by atoms with E-state index in [-0.39, 0.29) is 10.7 Å². The van der Waals surface area contributed by atoms with E-state index in [0.29, 0.717) is 5.02 Å². The van der Waals surface area contributed by atoms with Crippen LogP contribution in [0.5, 0.6) is 0 Å². The lowest BCUT2D eigenvalue weighted by molar-refractivity contribution is -0.137. The lowest BCUT2D eigenvalue weighted by atomic mass is 10.1. The summed E-state index contributed by atoms with van der Waals surface area (Å²) in [5.74, 6) is -2.44. The predicted molar refractivity (Wildman–Crippen MR) is 85.2 cm³/mol. The van der Waals surface area contributed by atoms with Crippen molar-refractivity contribution < 1.29 is 22.8 Å². The van der Waals surface area contributed by atoms with Crippen molar-refractivity contribution in [3.8, 4) is 0 Å². The van der Waals surface area contributed by atoms with E-state index >= 15 is 0 Å². The van der Waals surface area contributed by atoms with E-state index in [1.165, 1.54) is 30.3 Å². The maximum Gasteiger partial charge on any atom is 0.418 e. The van der Waals surface area contributed by atoms with Gasteiger partial charge in [0.2, 0.25) is 0 Å². The molecule has 2 N–H and O–H groups in total. The molecular weight excluding hydrogens is 368 g/mol. The summed E-state index contributed by atoms with van der Waals surface area (Å²) in [6.45, 7) is 0. The molecule has 0 aromatic heterocycles. The van der Waals surface area contributed by atoms with Crippen LogP contribution in [0.2, 0.25) is 10.0 Å². The Labute approximate surface area is 144 Å². The zero-order chi connectivity index (χ0) is 17.9. The standard InChI is InChI=1S/C15H9Cl2F3N2O2/c16-8-5-6-12(10(17)7-8)22-14(24)13(23)21-11-4-2-1-3-9(11)15(18,19)20/h1-7H,(H,21,23)(H,22,24). The monoisotopic (exact) mass is 376 g/mol. The molecule has 0 unspecified atom stereocenters. The van der Waals surface area contributed by atoms with Gasteiger partial charge in [-0.25, -0.2) is 0 Å². The minimum atomic E-state index is -4.67. The highest BCUT2D eigenvalue weighted by atomic mass is 35.5. The van der Waals surface area contributed by atoms with Crippen LogP contribution in [0.3, 0.4) is 0 Å². The van der Waals surface area contributed by atoms with Crippen molar-refractivity contribution >= 4 is 46.4 Å². The quantitative estimate of drug-likeness (QED) is 0.753. The second kappa shape index (κ2) is 7.11. The maximum atomic E-state index is 12.9. The molecule has 0 heterocycles. The Morgan fingerprint density at radius 1 is 0.875 bits per heavy atom. The number of carbonyl (C=O) groups is 2. The highest BCUT2D eigenvalue weighted by molar-refractivity contribution is 6.45. The van der Waals surface area contributed by atoms with Gasteiger partial charge in [0.05, 0.1) is 22.0 Å². The molecule has 0 aliphatic rings. The lowest BCUT2D eigenvalue weighted by Crippen LogP contribution is -2.30. The van der Waals surface area contributed by atoms with Crippen LogP contribution in [-0.4, -0.2) is 11.8 Å². The Balaban J connectivity index is 2.14. The summed E-state index contributed by atoms with van der Waals surface area (Å²) in [5, 5.41) is 4.52. The van der Waals surface area contributed by atoms with E-state index in [9.17, 15) is 22.8 Å². The Bertz CT molecular complexity index is 795. The summed E-state index contributed by atoms with van der Waals surface area (Å²) < 4.78 is 38.6. The normalized spacial score (nSPS) is 11.0. The van der Waals surface area contributed by atoms with Crippen molar-refractivity contribution in [2.45, 2.75) is 6.18 Å². The van der Waals surface area contributed by atoms with Gasteiger partial charge in [-0.2, -0.15) is 13.2 Å². The minimum absolute atomic E-state index is 0.0827. The van der Waals surface area contributed by atoms with Gasteiger partial charge in [0.25, 0.3) is 0 Å². The van der Waals surface area contributed by atoms with Crippen LogP contribution < -0.4 is 10.6 Å². The molecule has 0 radical (unpaired) electrons. The first-order valence-corrected chi connectivity index (χ1v) is 7.17. The van der Waals surface area contributed by atoms with E-state index < -0.39 is 29.2 Å². The largest absolute Gasteiger partial charge is 0.418 e. The third kappa shape index (κ3) is 4.39. The average molecular weight is 377 g/mol. The van der Waals surface area contributed by atoms with Crippen molar-refractivity contribution in [3.63, 3.8) is 0 Å². The molecule has 2 aromatic carbocycles. The van der Waals surface area contributed by atoms with Crippen LogP contribution in [0.15, 0.2) is 42.5 Å². The van der Waals surface area contributed by atoms with Gasteiger partial charge in [-0.1, -0.05) is 35.3 Å². The second-order valence-electron chi connectivity index (χ2n) is 4.58. The molecule has 0 fully saturated rings. The molecule has 24 heavy (non-hydrogen) atoms. The van der Waals surface area contributed by atoms with E-state index in [1.807, 2.05) is 5.32 Å². The van der Waals surface area contributed by atoms with E-state index in [0.717, 1.165) is 12.1 Å². The number of hydrogen-bond donors (Lipinski definition) is 2. The van der Waals surface area contributed by atoms with Crippen molar-refractivity contribution in [2.75, 3.05) is 10.6 Å². The molecule has 4 nitrogen and oxygen atoms in total. The molecule has 0 spiro atoms. The first kappa shape index (κ1) is 18.1. The van der Waals surface area contributed by atoms with Gasteiger partial charge in [0.15, 0.2) is 0 Å². The number of para-hydroxylation sites is 1. The second-order valence-corrected chi connectivity index (χ2v) is 5.42. The zero-order valence-electron chi connectivity index (χ0n) is 11.7. The van der Waals surface area contributed by atoms with Crippen molar-refractivity contribution in [1.82, 2.24) is 0 Å². The molecular formula is C15H9Cl2F3N2O2. The van der Waals surface area contributed by atoms with Gasteiger partial charge in [0.1, 0.15) is 0 Å². The number of nitrogens with one attached hydrogen (secondary N) is 2. The maximum absolute atomic E-state index is 12.9. The highest BCUT2D eigenvalue weighted by Gasteiger charge is 2.34. The van der Waals surface area contributed by atoms with Gasteiger partial charge in [-0.05, 0) is 30.3 Å². The lowest BCUT2D eigenvalue weighted by Gasteiger charge is -2.13. The number of amides is 2. The Morgan fingerprint density at radius 3 is 2.04 bits per heavy atom. The summed E-state index contributed by atoms with van der Waals surface area (Å²) in [6.07, 6.45) is -4.67. The summed E-state index contributed by atoms with van der Waals surface area (Å²) in [6, 6.07) is 8.45. The first-order chi connectivity index (χ1) is 11.2. The van der Waals surface area contributed by atoms with Gasteiger partial charge in [0, 0.05) is 5.02 Å². The van der Waals surface area contributed by atoms with Gasteiger partial charge in [-0.3, -0.25) is 9.59 Å². The number of benzene rings is 2. The molecule has 2 aromatic rings. The SMILES string of the molecule is O=C(Nc1ccc(Cl)cc1Cl)C(=O)Nc1ccccc1C(F)(F)F. The van der Waals surface area contributed by atoms with Crippen LogP contribution in [0.25, 0.3) is 0 Å². The van der Waals surface area contributed by atoms with Crippen LogP contribution >= 0.6 is 23.2 Å². The summed E-state index contributed by atoms with van der Waals surface area (Å²) in [7, 11) is 0. The minimum Gasteiger partial charge on any atom is -0.317 e. The summed E-state index contributed by atoms with van der Waals surface area (Å²) in [4.78, 5) is 23.6. The number of alkyl halides is 3. The van der Waals surface area contributed by atoms with Crippen LogP contribution in [0, 0.1) is 0 Å². The molecule has 0 atom stereocenters. The third-order valence-electron chi connectivity index (χ3n) is 2.87. The van der Waals surface area contributed by atoms with E-state index in [2.05, 4.69) is 5.32 Å². The third-order valence-corrected chi connectivity index (χ3v) is 3.41.